The fourth-order valence-corrected chi connectivity index (χ4v) is 8.29. The number of hydrogen-bond donors (Lipinski definition) is 7. The summed E-state index contributed by atoms with van der Waals surface area (Å²) in [6, 6.07) is 0. The van der Waals surface area contributed by atoms with Crippen molar-refractivity contribution in [2.45, 2.75) is 248 Å². The molecular weight excluding hydrogens is 909 g/mol. The number of carbonyl (C=O) groups is 1. The molecule has 2 fully saturated rings. The molecule has 0 aromatic heterocycles. The summed E-state index contributed by atoms with van der Waals surface area (Å²) in [5.74, 6) is -0.386. The highest BCUT2D eigenvalue weighted by Gasteiger charge is 2.47. The fraction of sp³-hybridized carbons (Fsp3) is 0.772. The Balaban J connectivity index is 1.73. The van der Waals surface area contributed by atoms with Crippen molar-refractivity contribution in [3.05, 3.63) is 72.9 Å². The lowest BCUT2D eigenvalue weighted by Crippen LogP contribution is -2.61. The average Bonchev–Trinajstić information content (AvgIpc) is 3.37. The molecular formula is C57H98O14. The number of rotatable bonds is 43. The van der Waals surface area contributed by atoms with Gasteiger partial charge >= 0.3 is 5.97 Å². The van der Waals surface area contributed by atoms with Crippen molar-refractivity contribution in [3.8, 4) is 0 Å². The van der Waals surface area contributed by atoms with E-state index in [0.717, 1.165) is 96.3 Å². The van der Waals surface area contributed by atoms with E-state index < -0.39 is 80.7 Å². The summed E-state index contributed by atoms with van der Waals surface area (Å²) in [6.45, 7) is 3.52. The third-order valence-corrected chi connectivity index (χ3v) is 12.7. The molecule has 2 saturated heterocycles. The summed E-state index contributed by atoms with van der Waals surface area (Å²) in [5, 5.41) is 72.2. The zero-order valence-corrected chi connectivity index (χ0v) is 43.7. The minimum Gasteiger partial charge on any atom is -0.457 e. The van der Waals surface area contributed by atoms with Crippen LogP contribution in [0.15, 0.2) is 72.9 Å². The van der Waals surface area contributed by atoms with Crippen molar-refractivity contribution in [3.63, 3.8) is 0 Å². The minimum atomic E-state index is -1.71. The molecule has 2 heterocycles. The molecule has 71 heavy (non-hydrogen) atoms. The first-order valence-electron chi connectivity index (χ1n) is 27.5. The number of aliphatic hydroxyl groups excluding tert-OH is 7. The third-order valence-electron chi connectivity index (χ3n) is 12.7. The molecule has 14 nitrogen and oxygen atoms in total. The van der Waals surface area contributed by atoms with Gasteiger partial charge in [-0.25, -0.2) is 0 Å². The molecule has 11 atom stereocenters. The molecule has 2 rings (SSSR count). The van der Waals surface area contributed by atoms with E-state index in [-0.39, 0.29) is 25.6 Å². The van der Waals surface area contributed by atoms with E-state index in [1.54, 1.807) is 0 Å². The second-order valence-electron chi connectivity index (χ2n) is 19.0. The van der Waals surface area contributed by atoms with Crippen LogP contribution in [0.1, 0.15) is 181 Å². The average molecular weight is 1010 g/mol. The molecule has 2 aliphatic heterocycles. The van der Waals surface area contributed by atoms with Gasteiger partial charge in [-0.1, -0.05) is 183 Å². The van der Waals surface area contributed by atoms with Gasteiger partial charge in [0.2, 0.25) is 0 Å². The van der Waals surface area contributed by atoms with Crippen LogP contribution in [-0.4, -0.2) is 142 Å². The van der Waals surface area contributed by atoms with Gasteiger partial charge in [0.1, 0.15) is 54.9 Å². The first-order chi connectivity index (χ1) is 34.6. The molecule has 0 saturated carbocycles. The lowest BCUT2D eigenvalue weighted by atomic mass is 9.98. The van der Waals surface area contributed by atoms with Crippen LogP contribution < -0.4 is 0 Å². The van der Waals surface area contributed by atoms with Crippen LogP contribution in [0.25, 0.3) is 0 Å². The number of carbonyl (C=O) groups excluding carboxylic acids is 1. The van der Waals surface area contributed by atoms with E-state index >= 15 is 0 Å². The number of unbranched alkanes of at least 4 members (excludes halogenated alkanes) is 17. The Hall–Kier alpha value is -2.57. The second kappa shape index (κ2) is 43.8. The number of allylic oxidation sites excluding steroid dienone is 12. The predicted molar refractivity (Wildman–Crippen MR) is 279 cm³/mol. The molecule has 0 bridgehead atoms. The number of hydrogen-bond acceptors (Lipinski definition) is 14. The largest absolute Gasteiger partial charge is 0.457 e. The molecule has 0 amide bonds. The van der Waals surface area contributed by atoms with Gasteiger partial charge in [0.25, 0.3) is 0 Å². The maximum absolute atomic E-state index is 13.0. The lowest BCUT2D eigenvalue weighted by molar-refractivity contribution is -0.332. The van der Waals surface area contributed by atoms with Crippen LogP contribution in [0.4, 0.5) is 0 Å². The first kappa shape index (κ1) is 64.5. The Kier molecular flexibility index (Phi) is 39.8. The van der Waals surface area contributed by atoms with Gasteiger partial charge in [-0.15, -0.1) is 0 Å². The molecule has 0 spiro atoms. The van der Waals surface area contributed by atoms with Crippen LogP contribution in [0.5, 0.6) is 0 Å². The molecule has 0 aliphatic carbocycles. The Labute approximate surface area is 427 Å². The van der Waals surface area contributed by atoms with Crippen molar-refractivity contribution in [1.82, 2.24) is 0 Å². The van der Waals surface area contributed by atoms with E-state index in [1.807, 2.05) is 0 Å². The van der Waals surface area contributed by atoms with Gasteiger partial charge in [-0.3, -0.25) is 4.79 Å². The van der Waals surface area contributed by atoms with E-state index in [4.69, 9.17) is 28.4 Å². The topological polar surface area (TPSA) is 214 Å². The lowest BCUT2D eigenvalue weighted by Gasteiger charge is -2.42. The highest BCUT2D eigenvalue weighted by Crippen LogP contribution is 2.26. The summed E-state index contributed by atoms with van der Waals surface area (Å²) in [5.41, 5.74) is 0. The molecule has 0 aromatic rings. The molecule has 0 aromatic carbocycles. The Morgan fingerprint density at radius 1 is 0.479 bits per heavy atom. The summed E-state index contributed by atoms with van der Waals surface area (Å²) in [4.78, 5) is 13.0. The molecule has 0 radical (unpaired) electrons. The maximum atomic E-state index is 13.0. The number of ether oxygens (including phenoxy) is 6. The normalized spacial score (nSPS) is 25.9. The number of aliphatic hydroxyl groups is 7. The molecule has 7 N–H and O–H groups in total. The van der Waals surface area contributed by atoms with Crippen LogP contribution in [0.2, 0.25) is 0 Å². The first-order valence-corrected chi connectivity index (χ1v) is 27.5. The zero-order valence-electron chi connectivity index (χ0n) is 43.7. The van der Waals surface area contributed by atoms with Crippen molar-refractivity contribution in [1.29, 1.82) is 0 Å². The van der Waals surface area contributed by atoms with Crippen molar-refractivity contribution in [2.24, 2.45) is 0 Å². The quantitative estimate of drug-likeness (QED) is 0.0173. The van der Waals surface area contributed by atoms with Gasteiger partial charge in [0.15, 0.2) is 12.6 Å². The molecule has 11 unspecified atom stereocenters. The third kappa shape index (κ3) is 31.0. The van der Waals surface area contributed by atoms with E-state index in [2.05, 4.69) is 86.8 Å². The monoisotopic (exact) mass is 1010 g/mol. The van der Waals surface area contributed by atoms with Gasteiger partial charge < -0.3 is 64.2 Å². The summed E-state index contributed by atoms with van der Waals surface area (Å²) < 4.78 is 34.3. The molecule has 410 valence electrons. The highest BCUT2D eigenvalue weighted by atomic mass is 16.7. The maximum Gasteiger partial charge on any atom is 0.306 e. The SMILES string of the molecule is CC/C=C\C/C=C\C/C=C\C/C=C\C/C=C\C/C=C\CCCCCCCOCC(COC1OC(COC2OC(CO)C(O)C(O)C2O)C(O)C(O)C1O)OC(=O)CCCCCCCCCCCCCCC. The van der Waals surface area contributed by atoms with Crippen LogP contribution in [0.3, 0.4) is 0 Å². The van der Waals surface area contributed by atoms with Crippen LogP contribution >= 0.6 is 0 Å². The highest BCUT2D eigenvalue weighted by molar-refractivity contribution is 5.69. The van der Waals surface area contributed by atoms with Crippen molar-refractivity contribution < 1.29 is 69.0 Å². The van der Waals surface area contributed by atoms with E-state index in [1.165, 1.54) is 57.8 Å². The Bertz CT molecular complexity index is 1450. The van der Waals surface area contributed by atoms with Crippen LogP contribution in [0, 0.1) is 0 Å². The molecule has 2 aliphatic rings. The minimum absolute atomic E-state index is 0.0463. The van der Waals surface area contributed by atoms with Gasteiger partial charge in [-0.05, 0) is 64.2 Å². The fourth-order valence-electron chi connectivity index (χ4n) is 8.29. The van der Waals surface area contributed by atoms with Gasteiger partial charge in [-0.2, -0.15) is 0 Å². The van der Waals surface area contributed by atoms with Crippen LogP contribution in [-0.2, 0) is 33.2 Å². The van der Waals surface area contributed by atoms with Gasteiger partial charge in [0, 0.05) is 13.0 Å². The van der Waals surface area contributed by atoms with Gasteiger partial charge in [0.05, 0.1) is 26.4 Å². The predicted octanol–water partition coefficient (Wildman–Crippen LogP) is 9.08. The number of esters is 1. The summed E-state index contributed by atoms with van der Waals surface area (Å²) in [6.07, 6.45) is 38.2. The summed E-state index contributed by atoms with van der Waals surface area (Å²) in [7, 11) is 0. The van der Waals surface area contributed by atoms with Crippen molar-refractivity contribution >= 4 is 5.97 Å². The van der Waals surface area contributed by atoms with Crippen molar-refractivity contribution in [2.75, 3.05) is 33.0 Å². The van der Waals surface area contributed by atoms with E-state index in [0.29, 0.717) is 13.0 Å². The molecule has 14 heteroatoms. The smallest absolute Gasteiger partial charge is 0.306 e. The summed E-state index contributed by atoms with van der Waals surface area (Å²) >= 11 is 0. The Morgan fingerprint density at radius 3 is 1.44 bits per heavy atom. The second-order valence-corrected chi connectivity index (χ2v) is 19.0. The van der Waals surface area contributed by atoms with E-state index in [9.17, 15) is 40.5 Å². The standard InChI is InChI=1S/C57H98O14/c1-3-5-7-9-11-13-15-17-18-19-20-21-22-23-24-25-26-27-29-31-33-35-37-39-41-66-43-46(69-49(59)40-38-36-34-32-30-28-16-14-12-10-8-6-4-2)44-67-56-55(65)53(63)51(61)48(71-56)45-68-57-54(64)52(62)50(60)47(42-58)70-57/h5,7,11,13,17-18,20-21,23-24,26-27,46-48,50-58,60-65H,3-4,6,8-10,12,14-16,19,22,25,28-45H2,1-2H3/b7-5-,13-11-,18-17-,21-20-,24-23-,27-26-. The Morgan fingerprint density at radius 2 is 0.915 bits per heavy atom. The zero-order chi connectivity index (χ0) is 51.6.